The molecule has 0 bridgehead atoms. The summed E-state index contributed by atoms with van der Waals surface area (Å²) >= 11 is 0. The summed E-state index contributed by atoms with van der Waals surface area (Å²) in [4.78, 5) is 26.3. The highest BCUT2D eigenvalue weighted by Gasteiger charge is 2.52. The third kappa shape index (κ3) is 8.01. The van der Waals surface area contributed by atoms with E-state index in [9.17, 15) is 55.5 Å². The number of esters is 1. The highest BCUT2D eigenvalue weighted by atomic mass is 16.7. The van der Waals surface area contributed by atoms with E-state index in [1.54, 1.807) is 0 Å². The first-order valence-electron chi connectivity index (χ1n) is 17.1. The van der Waals surface area contributed by atoms with E-state index in [0.29, 0.717) is 11.1 Å². The Morgan fingerprint density at radius 1 is 0.804 bits per heavy atom. The SMILES string of the molecule is COc1cc(/C=C/C(=O)OC[C@H]2O[C@@H](c3c(OC)cc4oc(-c5ccc(O)cc5)cc(=O)c4c3O)[C@H](O[C@@H]3O[C@H](CO)[C@@H](O)[C@H](O)[C@H]3O)[C@@H](O)[C@@H]2O)ccc1O. The van der Waals surface area contributed by atoms with Crippen LogP contribution in [0, 0.1) is 0 Å². The number of carbonyl (C=O) groups excluding carboxylic acids is 1. The van der Waals surface area contributed by atoms with Crippen molar-refractivity contribution in [1.29, 1.82) is 0 Å². The molecule has 0 aliphatic carbocycles. The lowest BCUT2D eigenvalue weighted by Crippen LogP contribution is -2.62. The van der Waals surface area contributed by atoms with Crippen molar-refractivity contribution in [1.82, 2.24) is 0 Å². The molecule has 4 aromatic rings. The predicted octanol–water partition coefficient (Wildman–Crippen LogP) is 0.197. The second-order valence-electron chi connectivity index (χ2n) is 13.0. The molecule has 2 aliphatic rings. The van der Waals surface area contributed by atoms with Gasteiger partial charge in [-0.15, -0.1) is 0 Å². The standard InChI is InChI=1S/C38H40O18/c1-50-22-11-16(3-9-19(22)41)4-10-27(43)52-15-26-31(45)34(48)37(56-38-35(49)33(47)30(44)25(14-39)55-38)36(54-26)29-23(51-2)13-24-28(32(29)46)20(42)12-21(53-24)17-5-7-18(40)8-6-17/h3-13,25-26,30-31,33-41,44-49H,14-15H2,1-2H3/b10-4+/t25-,26-,30-,31-,33+,34+,35-,36+,37-,38+/m1/s1. The molecule has 0 saturated carbocycles. The Bertz CT molecular complexity index is 2110. The van der Waals surface area contributed by atoms with Gasteiger partial charge in [0, 0.05) is 23.8 Å². The fourth-order valence-electron chi connectivity index (χ4n) is 6.48. The molecule has 2 saturated heterocycles. The fourth-order valence-corrected chi connectivity index (χ4v) is 6.48. The van der Waals surface area contributed by atoms with Crippen LogP contribution < -0.4 is 14.9 Å². The maximum Gasteiger partial charge on any atom is 0.330 e. The average molecular weight is 785 g/mol. The molecule has 3 heterocycles. The Morgan fingerprint density at radius 2 is 1.50 bits per heavy atom. The molecule has 3 aromatic carbocycles. The lowest BCUT2D eigenvalue weighted by Gasteiger charge is -2.46. The van der Waals surface area contributed by atoms with Crippen molar-refractivity contribution >= 4 is 23.0 Å². The van der Waals surface area contributed by atoms with Crippen LogP contribution in [0.25, 0.3) is 28.4 Å². The molecule has 6 rings (SSSR count). The molecule has 300 valence electrons. The number of phenols is 3. The highest BCUT2D eigenvalue weighted by molar-refractivity contribution is 5.88. The third-order valence-corrected chi connectivity index (χ3v) is 9.48. The number of aliphatic hydroxyl groups excluding tert-OH is 6. The van der Waals surface area contributed by atoms with Gasteiger partial charge in [-0.3, -0.25) is 4.79 Å². The smallest absolute Gasteiger partial charge is 0.330 e. The lowest BCUT2D eigenvalue weighted by molar-refractivity contribution is -0.342. The van der Waals surface area contributed by atoms with Crippen LogP contribution in [-0.2, 0) is 23.7 Å². The van der Waals surface area contributed by atoms with Crippen molar-refractivity contribution in [3.8, 4) is 40.1 Å². The first kappa shape index (κ1) is 40.4. The Hall–Kier alpha value is -5.28. The molecular formula is C38H40O18. The van der Waals surface area contributed by atoms with Crippen molar-refractivity contribution in [3.05, 3.63) is 82.0 Å². The quantitative estimate of drug-likeness (QED) is 0.0725. The van der Waals surface area contributed by atoms with Crippen molar-refractivity contribution < 1.29 is 83.6 Å². The van der Waals surface area contributed by atoms with Crippen LogP contribution in [0.5, 0.6) is 28.7 Å². The summed E-state index contributed by atoms with van der Waals surface area (Å²) in [7, 11) is 2.56. The Morgan fingerprint density at radius 3 is 2.18 bits per heavy atom. The minimum atomic E-state index is -1.99. The topological polar surface area (TPSA) is 285 Å². The van der Waals surface area contributed by atoms with Gasteiger partial charge in [-0.25, -0.2) is 4.79 Å². The van der Waals surface area contributed by atoms with Crippen LogP contribution in [0.3, 0.4) is 0 Å². The van der Waals surface area contributed by atoms with Gasteiger partial charge < -0.3 is 78.8 Å². The zero-order valence-corrected chi connectivity index (χ0v) is 29.7. The van der Waals surface area contributed by atoms with Gasteiger partial charge in [0.05, 0.1) is 26.4 Å². The van der Waals surface area contributed by atoms with Gasteiger partial charge in [-0.05, 0) is 48.0 Å². The second kappa shape index (κ2) is 16.8. The van der Waals surface area contributed by atoms with Gasteiger partial charge in [0.25, 0.3) is 0 Å². The van der Waals surface area contributed by atoms with Crippen LogP contribution in [0.4, 0.5) is 0 Å². The molecule has 9 N–H and O–H groups in total. The Balaban J connectivity index is 1.36. The largest absolute Gasteiger partial charge is 0.508 e. The fraction of sp³-hybridized carbons (Fsp3) is 0.368. The maximum atomic E-state index is 13.6. The summed E-state index contributed by atoms with van der Waals surface area (Å²) in [6.45, 7) is -1.50. The number of hydrogen-bond acceptors (Lipinski definition) is 18. The van der Waals surface area contributed by atoms with Gasteiger partial charge in [0.2, 0.25) is 0 Å². The van der Waals surface area contributed by atoms with E-state index in [1.807, 2.05) is 0 Å². The number of carbonyl (C=O) groups is 1. The van der Waals surface area contributed by atoms with E-state index in [-0.39, 0.29) is 45.3 Å². The van der Waals surface area contributed by atoms with Crippen LogP contribution >= 0.6 is 0 Å². The lowest BCUT2D eigenvalue weighted by atomic mass is 9.89. The van der Waals surface area contributed by atoms with Gasteiger partial charge >= 0.3 is 5.97 Å². The zero-order chi connectivity index (χ0) is 40.4. The van der Waals surface area contributed by atoms with Gasteiger partial charge in [-0.1, -0.05) is 6.07 Å². The van der Waals surface area contributed by atoms with Gasteiger partial charge in [0.1, 0.15) is 95.5 Å². The van der Waals surface area contributed by atoms with Crippen molar-refractivity contribution in [2.75, 3.05) is 27.4 Å². The summed E-state index contributed by atoms with van der Waals surface area (Å²) in [6.07, 6.45) is -15.5. The zero-order valence-electron chi connectivity index (χ0n) is 29.7. The van der Waals surface area contributed by atoms with E-state index >= 15 is 0 Å². The average Bonchev–Trinajstić information content (AvgIpc) is 3.19. The number of aliphatic hydroxyl groups is 6. The summed E-state index contributed by atoms with van der Waals surface area (Å²) < 4.78 is 39.4. The molecule has 0 unspecified atom stereocenters. The van der Waals surface area contributed by atoms with Gasteiger partial charge in [-0.2, -0.15) is 0 Å². The Kier molecular flexibility index (Phi) is 12.1. The molecule has 0 radical (unpaired) electrons. The van der Waals surface area contributed by atoms with Crippen LogP contribution in [0.2, 0.25) is 0 Å². The van der Waals surface area contributed by atoms with E-state index in [2.05, 4.69) is 0 Å². The summed E-state index contributed by atoms with van der Waals surface area (Å²) in [6, 6.07) is 12.4. The van der Waals surface area contributed by atoms with Crippen molar-refractivity contribution in [2.45, 2.75) is 61.2 Å². The summed E-state index contributed by atoms with van der Waals surface area (Å²) in [5, 5.41) is 94.8. The number of fused-ring (bicyclic) bond motifs is 1. The number of benzene rings is 3. The molecule has 56 heavy (non-hydrogen) atoms. The molecule has 1 aromatic heterocycles. The normalized spacial score (nSPS) is 28.0. The second-order valence-corrected chi connectivity index (χ2v) is 13.0. The van der Waals surface area contributed by atoms with Crippen LogP contribution in [0.15, 0.2) is 69.9 Å². The predicted molar refractivity (Wildman–Crippen MR) is 191 cm³/mol. The monoisotopic (exact) mass is 784 g/mol. The minimum Gasteiger partial charge on any atom is -0.508 e. The van der Waals surface area contributed by atoms with Crippen molar-refractivity contribution in [2.24, 2.45) is 0 Å². The number of phenolic OH excluding ortho intramolecular Hbond substituents is 3. The first-order valence-corrected chi connectivity index (χ1v) is 17.1. The van der Waals surface area contributed by atoms with Crippen LogP contribution in [0.1, 0.15) is 17.2 Å². The third-order valence-electron chi connectivity index (χ3n) is 9.48. The van der Waals surface area contributed by atoms with E-state index in [4.69, 9.17) is 32.8 Å². The summed E-state index contributed by atoms with van der Waals surface area (Å²) in [5.74, 6) is -1.76. The Labute approximate surface area is 317 Å². The molecule has 0 amide bonds. The highest BCUT2D eigenvalue weighted by Crippen LogP contribution is 2.47. The molecule has 10 atom stereocenters. The van der Waals surface area contributed by atoms with Crippen LogP contribution in [-0.4, -0.2) is 134 Å². The molecule has 0 spiro atoms. The van der Waals surface area contributed by atoms with Gasteiger partial charge in [0.15, 0.2) is 23.2 Å². The molecule has 2 fully saturated rings. The minimum absolute atomic E-state index is 0.0271. The number of methoxy groups -OCH3 is 2. The first-order chi connectivity index (χ1) is 26.8. The number of hydrogen-bond donors (Lipinski definition) is 9. The maximum absolute atomic E-state index is 13.6. The summed E-state index contributed by atoms with van der Waals surface area (Å²) in [5.41, 5.74) is -0.317. The molecular weight excluding hydrogens is 744 g/mol. The van der Waals surface area contributed by atoms with E-state index in [0.717, 1.165) is 12.1 Å². The molecule has 18 heteroatoms. The molecule has 18 nitrogen and oxygen atoms in total. The number of rotatable bonds is 11. The number of ether oxygens (including phenoxy) is 6. The van der Waals surface area contributed by atoms with E-state index in [1.165, 1.54) is 68.8 Å². The molecule has 2 aliphatic heterocycles. The van der Waals surface area contributed by atoms with Crippen molar-refractivity contribution in [3.63, 3.8) is 0 Å². The number of aromatic hydroxyl groups is 3. The van der Waals surface area contributed by atoms with E-state index < -0.39 is 91.6 Å².